The lowest BCUT2D eigenvalue weighted by Crippen LogP contribution is -2.67. The molecule has 0 amide bonds. The van der Waals surface area contributed by atoms with E-state index in [2.05, 4.69) is 0 Å². The van der Waals surface area contributed by atoms with Crippen molar-refractivity contribution in [2.24, 2.45) is 5.92 Å². The van der Waals surface area contributed by atoms with Crippen molar-refractivity contribution in [3.63, 3.8) is 0 Å². The van der Waals surface area contributed by atoms with Gasteiger partial charge in [0, 0.05) is 23.6 Å². The number of ether oxygens (including phenoxy) is 2. The van der Waals surface area contributed by atoms with Crippen molar-refractivity contribution in [3.8, 4) is 11.5 Å². The van der Waals surface area contributed by atoms with Gasteiger partial charge in [-0.15, -0.1) is 0 Å². The van der Waals surface area contributed by atoms with Crippen molar-refractivity contribution < 1.29 is 22.3 Å². The van der Waals surface area contributed by atoms with Gasteiger partial charge in [-0.05, 0) is 48.8 Å². The third kappa shape index (κ3) is 2.59. The largest absolute Gasteiger partial charge is 0.493 e. The Morgan fingerprint density at radius 3 is 2.77 bits per heavy atom. The van der Waals surface area contributed by atoms with Gasteiger partial charge >= 0.3 is 0 Å². The number of alkyl halides is 1. The molecule has 164 valence electrons. The Balaban J connectivity index is 1.45. The summed E-state index contributed by atoms with van der Waals surface area (Å²) < 4.78 is 55.7. The highest BCUT2D eigenvalue weighted by molar-refractivity contribution is 7.88. The normalized spacial score (nSPS) is 33.5. The van der Waals surface area contributed by atoms with Gasteiger partial charge in [0.1, 0.15) is 12.3 Å². The summed E-state index contributed by atoms with van der Waals surface area (Å²) in [5.74, 6) is 1.38. The van der Waals surface area contributed by atoms with E-state index in [1.54, 1.807) is 11.4 Å². The Kier molecular flexibility index (Phi) is 4.22. The molecule has 2 aliphatic carbocycles. The predicted octanol–water partition coefficient (Wildman–Crippen LogP) is 3.60. The van der Waals surface area contributed by atoms with Crippen molar-refractivity contribution in [1.82, 2.24) is 4.31 Å². The summed E-state index contributed by atoms with van der Waals surface area (Å²) in [6, 6.07) is 13.1. The Morgan fingerprint density at radius 2 is 2.00 bits per heavy atom. The lowest BCUT2D eigenvalue weighted by Gasteiger charge is -2.58. The zero-order chi connectivity index (χ0) is 21.4. The van der Waals surface area contributed by atoms with Gasteiger partial charge in [-0.25, -0.2) is 12.8 Å². The van der Waals surface area contributed by atoms with Crippen molar-refractivity contribution >= 4 is 10.0 Å². The summed E-state index contributed by atoms with van der Waals surface area (Å²) in [6.45, 7) is 0.402. The molecule has 1 spiro atoms. The smallest absolute Gasteiger partial charge is 0.218 e. The van der Waals surface area contributed by atoms with Crippen molar-refractivity contribution in [2.75, 3.05) is 13.7 Å². The molecule has 1 saturated heterocycles. The molecule has 0 aromatic heterocycles. The average molecular weight is 444 g/mol. The molecule has 6 rings (SSSR count). The van der Waals surface area contributed by atoms with E-state index in [0.717, 1.165) is 16.7 Å². The molecule has 7 heteroatoms. The lowest BCUT2D eigenvalue weighted by molar-refractivity contribution is -0.0637. The van der Waals surface area contributed by atoms with Crippen LogP contribution in [0, 0.1) is 5.92 Å². The first-order valence-corrected chi connectivity index (χ1v) is 12.6. The summed E-state index contributed by atoms with van der Waals surface area (Å²) in [5, 5.41) is 0. The second kappa shape index (κ2) is 6.69. The Morgan fingerprint density at radius 1 is 1.19 bits per heavy atom. The maximum absolute atomic E-state index is 15.2. The lowest BCUT2D eigenvalue weighted by atomic mass is 9.52. The van der Waals surface area contributed by atoms with Gasteiger partial charge in [0.05, 0.1) is 12.9 Å². The van der Waals surface area contributed by atoms with Crippen LogP contribution in [0.1, 0.15) is 36.0 Å². The molecule has 5 nitrogen and oxygen atoms in total. The number of nitrogens with zero attached hydrogens (tertiary/aromatic N) is 1. The first-order valence-electron chi connectivity index (χ1n) is 11.0. The molecule has 2 aromatic carbocycles. The van der Waals surface area contributed by atoms with Crippen molar-refractivity contribution in [3.05, 3.63) is 59.2 Å². The summed E-state index contributed by atoms with van der Waals surface area (Å²) in [7, 11) is -1.89. The molecule has 0 radical (unpaired) electrons. The second-order valence-electron chi connectivity index (χ2n) is 9.28. The Bertz CT molecular complexity index is 1140. The number of sulfonamides is 1. The number of piperidine rings is 1. The van der Waals surface area contributed by atoms with Crippen LogP contribution in [0.4, 0.5) is 4.39 Å². The van der Waals surface area contributed by atoms with Crippen molar-refractivity contribution in [1.29, 1.82) is 0 Å². The van der Waals surface area contributed by atoms with Gasteiger partial charge in [-0.3, -0.25) is 0 Å². The van der Waals surface area contributed by atoms with Crippen LogP contribution in [-0.2, 0) is 27.6 Å². The topological polar surface area (TPSA) is 55.8 Å². The highest BCUT2D eigenvalue weighted by Crippen LogP contribution is 2.64. The minimum absolute atomic E-state index is 0.00353. The van der Waals surface area contributed by atoms with Crippen LogP contribution in [0.25, 0.3) is 0 Å². The zero-order valence-electron chi connectivity index (χ0n) is 17.5. The zero-order valence-corrected chi connectivity index (χ0v) is 18.3. The van der Waals surface area contributed by atoms with E-state index >= 15 is 4.39 Å². The van der Waals surface area contributed by atoms with Crippen LogP contribution >= 0.6 is 0 Å². The molecule has 2 aromatic rings. The van der Waals surface area contributed by atoms with Crippen LogP contribution in [0.5, 0.6) is 11.5 Å². The van der Waals surface area contributed by atoms with E-state index in [4.69, 9.17) is 9.47 Å². The van der Waals surface area contributed by atoms with Gasteiger partial charge in [0.15, 0.2) is 11.5 Å². The third-order valence-electron chi connectivity index (χ3n) is 7.95. The number of hydrogen-bond donors (Lipinski definition) is 0. The molecule has 2 bridgehead atoms. The van der Waals surface area contributed by atoms with Crippen LogP contribution in [0.2, 0.25) is 0 Å². The van der Waals surface area contributed by atoms with E-state index in [1.807, 2.05) is 42.5 Å². The SMILES string of the molecule is COc1ccc2c3c1O[C@@H]1C(F)CCC4[C@H](C2)N(S(=O)(=O)Cc2ccccc2)CC[C@]341. The Hall–Kier alpha value is -2.12. The molecule has 2 unspecified atom stereocenters. The molecule has 4 aliphatic rings. The number of methoxy groups -OCH3 is 1. The van der Waals surface area contributed by atoms with Gasteiger partial charge in [0.2, 0.25) is 10.0 Å². The first-order chi connectivity index (χ1) is 15.0. The molecule has 2 fully saturated rings. The standard InChI is InChI=1S/C24H26FNO4S/c1-29-20-10-7-16-13-19-17-8-9-18(25)23-24(17,21(16)22(20)30-23)11-12-26(19)31(27,28)14-15-5-3-2-4-6-15/h2-7,10,17-19,23H,8-9,11-14H2,1H3/t17?,18?,19-,23+,24+/m0/s1. The number of halogens is 1. The van der Waals surface area contributed by atoms with Gasteiger partial charge < -0.3 is 9.47 Å². The molecule has 1 saturated carbocycles. The monoisotopic (exact) mass is 443 g/mol. The maximum Gasteiger partial charge on any atom is 0.218 e. The molecule has 2 heterocycles. The van der Waals surface area contributed by atoms with E-state index in [1.165, 1.54) is 0 Å². The third-order valence-corrected chi connectivity index (χ3v) is 9.81. The highest BCUT2D eigenvalue weighted by atomic mass is 32.2. The maximum atomic E-state index is 15.2. The molecular formula is C24H26FNO4S. The van der Waals surface area contributed by atoms with E-state index in [9.17, 15) is 8.42 Å². The Labute approximate surface area is 182 Å². The minimum atomic E-state index is -3.50. The molecular weight excluding hydrogens is 417 g/mol. The molecule has 2 aliphatic heterocycles. The van der Waals surface area contributed by atoms with E-state index in [-0.39, 0.29) is 17.7 Å². The number of rotatable bonds is 4. The predicted molar refractivity (Wildman–Crippen MR) is 115 cm³/mol. The molecule has 0 N–H and O–H groups in total. The first kappa shape index (κ1) is 19.6. The average Bonchev–Trinajstić information content (AvgIpc) is 3.10. The van der Waals surface area contributed by atoms with Crippen LogP contribution < -0.4 is 9.47 Å². The quantitative estimate of drug-likeness (QED) is 0.725. The summed E-state index contributed by atoms with van der Waals surface area (Å²) in [6.07, 6.45) is 0.705. The fourth-order valence-electron chi connectivity index (χ4n) is 6.81. The van der Waals surface area contributed by atoms with E-state index in [0.29, 0.717) is 43.7 Å². The fourth-order valence-corrected chi connectivity index (χ4v) is 8.59. The second-order valence-corrected chi connectivity index (χ2v) is 11.2. The van der Waals surface area contributed by atoms with Crippen LogP contribution in [0.15, 0.2) is 42.5 Å². The fraction of sp³-hybridized carbons (Fsp3) is 0.500. The number of hydrogen-bond acceptors (Lipinski definition) is 4. The molecule has 5 atom stereocenters. The van der Waals surface area contributed by atoms with Gasteiger partial charge in [0.25, 0.3) is 0 Å². The summed E-state index contributed by atoms with van der Waals surface area (Å²) >= 11 is 0. The minimum Gasteiger partial charge on any atom is -0.493 e. The van der Waals surface area contributed by atoms with Crippen molar-refractivity contribution in [2.45, 2.75) is 55.2 Å². The van der Waals surface area contributed by atoms with Crippen LogP contribution in [-0.4, -0.2) is 44.7 Å². The van der Waals surface area contributed by atoms with Gasteiger partial charge in [-0.1, -0.05) is 36.4 Å². The van der Waals surface area contributed by atoms with Crippen LogP contribution in [0.3, 0.4) is 0 Å². The summed E-state index contributed by atoms with van der Waals surface area (Å²) in [5.41, 5.74) is 2.49. The molecule has 31 heavy (non-hydrogen) atoms. The van der Waals surface area contributed by atoms with Gasteiger partial charge in [-0.2, -0.15) is 4.31 Å². The summed E-state index contributed by atoms with van der Waals surface area (Å²) in [4.78, 5) is 0. The number of benzene rings is 2. The highest BCUT2D eigenvalue weighted by Gasteiger charge is 2.67. The van der Waals surface area contributed by atoms with E-state index < -0.39 is 27.7 Å².